The Morgan fingerprint density at radius 3 is 2.00 bits per heavy atom. The van der Waals surface area contributed by atoms with Gasteiger partial charge in [-0.25, -0.2) is 0 Å². The van der Waals surface area contributed by atoms with Crippen LogP contribution in [0.5, 0.6) is 5.75 Å². The van der Waals surface area contributed by atoms with Crippen LogP contribution in [0.2, 0.25) is 0 Å². The molecule has 158 valence electrons. The fourth-order valence-corrected chi connectivity index (χ4v) is 3.55. The SMILES string of the molecule is CC(C)(C)CC(C)(C)c1ccc(OCCOCC(O)C[N+](C)(C)C)cc1.[I-]. The molecule has 0 aliphatic rings. The molecule has 27 heavy (non-hydrogen) atoms. The van der Waals surface area contributed by atoms with Crippen LogP contribution in [0.1, 0.15) is 46.6 Å². The second-order valence-electron chi connectivity index (χ2n) is 10.2. The number of halogens is 1. The zero-order valence-corrected chi connectivity index (χ0v) is 20.7. The Bertz CT molecular complexity index is 530. The largest absolute Gasteiger partial charge is 1.00 e. The van der Waals surface area contributed by atoms with Crippen molar-refractivity contribution in [1.82, 2.24) is 0 Å². The van der Waals surface area contributed by atoms with Gasteiger partial charge in [-0.1, -0.05) is 46.8 Å². The molecule has 1 aromatic carbocycles. The molecule has 0 amide bonds. The molecule has 1 rings (SSSR count). The maximum absolute atomic E-state index is 9.91. The lowest BCUT2D eigenvalue weighted by Crippen LogP contribution is -3.00. The van der Waals surface area contributed by atoms with Crippen molar-refractivity contribution in [1.29, 1.82) is 0 Å². The minimum absolute atomic E-state index is 0. The van der Waals surface area contributed by atoms with Crippen LogP contribution >= 0.6 is 0 Å². The van der Waals surface area contributed by atoms with Gasteiger partial charge in [-0.05, 0) is 34.9 Å². The van der Waals surface area contributed by atoms with Gasteiger partial charge in [0.05, 0.1) is 34.4 Å². The number of aliphatic hydroxyl groups is 1. The molecule has 4 nitrogen and oxygen atoms in total. The minimum atomic E-state index is -0.445. The highest BCUT2D eigenvalue weighted by Gasteiger charge is 2.27. The molecule has 5 heteroatoms. The molecule has 0 bridgehead atoms. The van der Waals surface area contributed by atoms with Gasteiger partial charge in [0.25, 0.3) is 0 Å². The quantitative estimate of drug-likeness (QED) is 0.299. The van der Waals surface area contributed by atoms with Gasteiger partial charge >= 0.3 is 0 Å². The zero-order valence-electron chi connectivity index (χ0n) is 18.5. The first-order valence-corrected chi connectivity index (χ1v) is 9.58. The molecule has 0 spiro atoms. The van der Waals surface area contributed by atoms with Gasteiger partial charge in [0.1, 0.15) is 25.0 Å². The number of ether oxygens (including phenoxy) is 2. The number of benzene rings is 1. The number of likely N-dealkylation sites (N-methyl/N-ethyl adjacent to an activating group) is 1. The molecule has 1 aromatic rings. The second kappa shape index (κ2) is 11.0. The first-order chi connectivity index (χ1) is 11.8. The first kappa shape index (κ1) is 26.6. The Hall–Kier alpha value is -0.370. The van der Waals surface area contributed by atoms with Crippen LogP contribution in [0.4, 0.5) is 0 Å². The minimum Gasteiger partial charge on any atom is -1.00 e. The molecule has 1 atom stereocenters. The molecule has 0 saturated carbocycles. The van der Waals surface area contributed by atoms with E-state index in [0.717, 1.165) is 16.7 Å². The summed E-state index contributed by atoms with van der Waals surface area (Å²) in [5.41, 5.74) is 1.77. The lowest BCUT2D eigenvalue weighted by atomic mass is 9.72. The van der Waals surface area contributed by atoms with Crippen molar-refractivity contribution in [2.24, 2.45) is 5.41 Å². The van der Waals surface area contributed by atoms with Crippen molar-refractivity contribution >= 4 is 0 Å². The average Bonchev–Trinajstić information content (AvgIpc) is 2.43. The molecule has 0 aliphatic carbocycles. The molecule has 0 fully saturated rings. The second-order valence-corrected chi connectivity index (χ2v) is 10.2. The van der Waals surface area contributed by atoms with Gasteiger partial charge in [-0.15, -0.1) is 0 Å². The van der Waals surface area contributed by atoms with Gasteiger partial charge in [0.2, 0.25) is 0 Å². The van der Waals surface area contributed by atoms with Crippen LogP contribution in [-0.4, -0.2) is 63.2 Å². The van der Waals surface area contributed by atoms with E-state index in [0.29, 0.717) is 31.8 Å². The summed E-state index contributed by atoms with van der Waals surface area (Å²) in [5, 5.41) is 9.91. The molecule has 0 saturated heterocycles. The summed E-state index contributed by atoms with van der Waals surface area (Å²) < 4.78 is 12.0. The van der Waals surface area contributed by atoms with Gasteiger partial charge in [0, 0.05) is 0 Å². The summed E-state index contributed by atoms with van der Waals surface area (Å²) in [7, 11) is 6.16. The molecule has 0 aliphatic heterocycles. The number of rotatable bonds is 10. The number of hydrogen-bond acceptors (Lipinski definition) is 3. The smallest absolute Gasteiger partial charge is 0.126 e. The maximum Gasteiger partial charge on any atom is 0.126 e. The molecule has 1 N–H and O–H groups in total. The lowest BCUT2D eigenvalue weighted by Gasteiger charge is -2.33. The van der Waals surface area contributed by atoms with Gasteiger partial charge in [-0.2, -0.15) is 0 Å². The number of hydrogen-bond donors (Lipinski definition) is 1. The van der Waals surface area contributed by atoms with Crippen LogP contribution in [0.3, 0.4) is 0 Å². The summed E-state index contributed by atoms with van der Waals surface area (Å²) in [4.78, 5) is 0. The summed E-state index contributed by atoms with van der Waals surface area (Å²) in [6, 6.07) is 8.39. The predicted octanol–water partition coefficient (Wildman–Crippen LogP) is 0.867. The summed E-state index contributed by atoms with van der Waals surface area (Å²) in [6.07, 6.45) is 0.684. The highest BCUT2D eigenvalue weighted by atomic mass is 127. The normalized spacial score (nSPS) is 13.8. The van der Waals surface area contributed by atoms with E-state index in [-0.39, 0.29) is 29.4 Å². The van der Waals surface area contributed by atoms with E-state index in [1.165, 1.54) is 5.56 Å². The van der Waals surface area contributed by atoms with Crippen LogP contribution < -0.4 is 28.7 Å². The first-order valence-electron chi connectivity index (χ1n) is 9.58. The van der Waals surface area contributed by atoms with Gasteiger partial charge < -0.3 is 43.0 Å². The van der Waals surface area contributed by atoms with E-state index in [1.54, 1.807) is 0 Å². The van der Waals surface area contributed by atoms with E-state index in [9.17, 15) is 5.11 Å². The topological polar surface area (TPSA) is 38.7 Å². The van der Waals surface area contributed by atoms with Crippen molar-refractivity contribution in [3.63, 3.8) is 0 Å². The molecular weight excluding hydrogens is 453 g/mol. The van der Waals surface area contributed by atoms with E-state index in [2.05, 4.69) is 67.9 Å². The van der Waals surface area contributed by atoms with Gasteiger partial charge in [0.15, 0.2) is 0 Å². The molecule has 0 heterocycles. The highest BCUT2D eigenvalue weighted by Crippen LogP contribution is 2.36. The van der Waals surface area contributed by atoms with Crippen molar-refractivity contribution < 1.29 is 43.0 Å². The van der Waals surface area contributed by atoms with Crippen molar-refractivity contribution in [2.45, 2.75) is 52.6 Å². The van der Waals surface area contributed by atoms with Crippen molar-refractivity contribution in [3.8, 4) is 5.75 Å². The Balaban J connectivity index is 0.00000676. The summed E-state index contributed by atoms with van der Waals surface area (Å²) >= 11 is 0. The van der Waals surface area contributed by atoms with Gasteiger partial charge in [-0.3, -0.25) is 0 Å². The average molecular weight is 493 g/mol. The van der Waals surface area contributed by atoms with Crippen LogP contribution in [-0.2, 0) is 10.2 Å². The predicted molar refractivity (Wildman–Crippen MR) is 109 cm³/mol. The number of quaternary nitrogens is 1. The summed E-state index contributed by atoms with van der Waals surface area (Å²) in [5.74, 6) is 0.857. The third-order valence-electron chi connectivity index (χ3n) is 4.17. The van der Waals surface area contributed by atoms with Crippen LogP contribution in [0.25, 0.3) is 0 Å². The zero-order chi connectivity index (χ0) is 20.0. The van der Waals surface area contributed by atoms with E-state index in [4.69, 9.17) is 9.47 Å². The Morgan fingerprint density at radius 2 is 1.52 bits per heavy atom. The number of aliphatic hydroxyl groups excluding tert-OH is 1. The lowest BCUT2D eigenvalue weighted by molar-refractivity contribution is -0.873. The third kappa shape index (κ3) is 11.9. The standard InChI is InChI=1S/C22H40NO3.HI/c1-21(2,3)17-22(4,5)18-9-11-20(12-10-18)26-14-13-25-16-19(24)15-23(6,7)8;/h9-12,19,24H,13-17H2,1-8H3;1H/q+1;/p-1. The number of nitrogens with zero attached hydrogens (tertiary/aromatic N) is 1. The fourth-order valence-electron chi connectivity index (χ4n) is 3.55. The summed E-state index contributed by atoms with van der Waals surface area (Å²) in [6.45, 7) is 13.4. The molecule has 0 aromatic heterocycles. The van der Waals surface area contributed by atoms with Crippen molar-refractivity contribution in [3.05, 3.63) is 29.8 Å². The van der Waals surface area contributed by atoms with E-state index in [1.807, 2.05) is 12.1 Å². The monoisotopic (exact) mass is 493 g/mol. The fraction of sp³-hybridized carbons (Fsp3) is 0.727. The Labute approximate surface area is 183 Å². The maximum atomic E-state index is 9.91. The third-order valence-corrected chi connectivity index (χ3v) is 4.17. The molecular formula is C22H40INO3. The van der Waals surface area contributed by atoms with Crippen LogP contribution in [0.15, 0.2) is 24.3 Å². The highest BCUT2D eigenvalue weighted by molar-refractivity contribution is 5.31. The molecule has 0 radical (unpaired) electrons. The molecule has 1 unspecified atom stereocenters. The Kier molecular flexibility index (Phi) is 10.8. The van der Waals surface area contributed by atoms with E-state index < -0.39 is 6.10 Å². The van der Waals surface area contributed by atoms with Crippen LogP contribution in [0, 0.1) is 5.41 Å². The Morgan fingerprint density at radius 1 is 0.963 bits per heavy atom. The van der Waals surface area contributed by atoms with Crippen molar-refractivity contribution in [2.75, 3.05) is 47.5 Å². The van der Waals surface area contributed by atoms with E-state index >= 15 is 0 Å².